The third-order valence-corrected chi connectivity index (χ3v) is 3.74. The van der Waals surface area contributed by atoms with Gasteiger partial charge in [0.25, 0.3) is 5.91 Å². The van der Waals surface area contributed by atoms with E-state index in [-0.39, 0.29) is 12.5 Å². The molecule has 3 aromatic rings. The molecule has 0 fully saturated rings. The summed E-state index contributed by atoms with van der Waals surface area (Å²) in [5.74, 6) is -0.0582. The number of aliphatic hydroxyl groups is 1. The van der Waals surface area contributed by atoms with Crippen LogP contribution < -0.4 is 5.32 Å². The van der Waals surface area contributed by atoms with Crippen molar-refractivity contribution >= 4 is 16.8 Å². The van der Waals surface area contributed by atoms with Crippen molar-refractivity contribution in [2.24, 2.45) is 0 Å². The van der Waals surface area contributed by atoms with Crippen molar-refractivity contribution in [2.75, 3.05) is 6.54 Å². The van der Waals surface area contributed by atoms with E-state index in [1.807, 2.05) is 54.7 Å². The maximum atomic E-state index is 12.3. The van der Waals surface area contributed by atoms with Crippen molar-refractivity contribution in [1.29, 1.82) is 0 Å². The molecule has 4 heteroatoms. The second-order valence-electron chi connectivity index (χ2n) is 5.22. The average molecular weight is 294 g/mol. The molecule has 0 aliphatic heterocycles. The van der Waals surface area contributed by atoms with Gasteiger partial charge in [-0.3, -0.25) is 4.79 Å². The van der Waals surface area contributed by atoms with Crippen molar-refractivity contribution in [1.82, 2.24) is 10.3 Å². The molecule has 0 saturated carbocycles. The number of aliphatic hydroxyl groups excluding tert-OH is 1. The average Bonchev–Trinajstić information content (AvgIpc) is 3.04. The van der Waals surface area contributed by atoms with Gasteiger partial charge in [0.15, 0.2) is 0 Å². The van der Waals surface area contributed by atoms with E-state index in [9.17, 15) is 4.79 Å². The molecular formula is C18H18N2O2. The van der Waals surface area contributed by atoms with Crippen LogP contribution in [0.25, 0.3) is 10.9 Å². The predicted octanol–water partition coefficient (Wildman–Crippen LogP) is 2.63. The van der Waals surface area contributed by atoms with Gasteiger partial charge in [-0.15, -0.1) is 0 Å². The Kier molecular flexibility index (Phi) is 4.21. The molecule has 0 aliphatic carbocycles. The fourth-order valence-electron chi connectivity index (χ4n) is 2.51. The molecule has 4 nitrogen and oxygen atoms in total. The van der Waals surface area contributed by atoms with Gasteiger partial charge in [-0.2, -0.15) is 0 Å². The molecule has 0 unspecified atom stereocenters. The molecule has 1 heterocycles. The van der Waals surface area contributed by atoms with Crippen molar-refractivity contribution in [3.8, 4) is 0 Å². The lowest BCUT2D eigenvalue weighted by atomic mass is 10.1. The van der Waals surface area contributed by atoms with Crippen molar-refractivity contribution in [3.63, 3.8) is 0 Å². The number of amides is 1. The van der Waals surface area contributed by atoms with E-state index >= 15 is 0 Å². The second kappa shape index (κ2) is 6.45. The van der Waals surface area contributed by atoms with Gasteiger partial charge in [-0.25, -0.2) is 0 Å². The van der Waals surface area contributed by atoms with E-state index in [2.05, 4.69) is 10.3 Å². The number of hydrogen-bond donors (Lipinski definition) is 3. The number of aromatic nitrogens is 1. The van der Waals surface area contributed by atoms with E-state index in [1.54, 1.807) is 0 Å². The van der Waals surface area contributed by atoms with Crippen LogP contribution in [-0.4, -0.2) is 22.5 Å². The van der Waals surface area contributed by atoms with Gasteiger partial charge in [-0.1, -0.05) is 30.3 Å². The first-order chi connectivity index (χ1) is 10.8. The fourth-order valence-corrected chi connectivity index (χ4v) is 2.51. The van der Waals surface area contributed by atoms with Crippen LogP contribution in [0.3, 0.4) is 0 Å². The molecule has 22 heavy (non-hydrogen) atoms. The molecular weight excluding hydrogens is 276 g/mol. The predicted molar refractivity (Wildman–Crippen MR) is 86.7 cm³/mol. The first-order valence-electron chi connectivity index (χ1n) is 7.31. The van der Waals surface area contributed by atoms with E-state index in [1.165, 1.54) is 0 Å². The molecule has 0 saturated heterocycles. The Bertz CT molecular complexity index is 775. The number of fused-ring (bicyclic) bond motifs is 1. The molecule has 0 spiro atoms. The number of nitrogens with one attached hydrogen (secondary N) is 2. The Morgan fingerprint density at radius 1 is 1.05 bits per heavy atom. The van der Waals surface area contributed by atoms with Crippen molar-refractivity contribution in [3.05, 3.63) is 71.4 Å². The summed E-state index contributed by atoms with van der Waals surface area (Å²) in [7, 11) is 0. The third kappa shape index (κ3) is 3.02. The highest BCUT2D eigenvalue weighted by molar-refractivity contribution is 6.06. The minimum absolute atomic E-state index is 0.0533. The van der Waals surface area contributed by atoms with E-state index in [0.29, 0.717) is 12.1 Å². The lowest BCUT2D eigenvalue weighted by Gasteiger charge is -2.07. The smallest absolute Gasteiger partial charge is 0.251 e. The molecule has 0 radical (unpaired) electrons. The van der Waals surface area contributed by atoms with Gasteiger partial charge >= 0.3 is 0 Å². The highest BCUT2D eigenvalue weighted by Crippen LogP contribution is 2.17. The van der Waals surface area contributed by atoms with Crippen LogP contribution >= 0.6 is 0 Å². The minimum Gasteiger partial charge on any atom is -0.392 e. The van der Waals surface area contributed by atoms with Gasteiger partial charge in [0, 0.05) is 29.2 Å². The minimum atomic E-state index is -0.0582. The number of aromatic amines is 1. The first kappa shape index (κ1) is 14.4. The summed E-state index contributed by atoms with van der Waals surface area (Å²) in [6, 6.07) is 15.3. The van der Waals surface area contributed by atoms with Gasteiger partial charge in [0.05, 0.1) is 6.61 Å². The molecule has 2 aromatic carbocycles. The van der Waals surface area contributed by atoms with E-state index < -0.39 is 0 Å². The molecule has 3 rings (SSSR count). The highest BCUT2D eigenvalue weighted by atomic mass is 16.3. The topological polar surface area (TPSA) is 65.1 Å². The summed E-state index contributed by atoms with van der Waals surface area (Å²) >= 11 is 0. The summed E-state index contributed by atoms with van der Waals surface area (Å²) in [4.78, 5) is 15.4. The SMILES string of the molecule is O=C(NCCc1ccc(CO)cc1)c1cccc2[nH]ccc12. The van der Waals surface area contributed by atoms with Crippen LogP contribution in [-0.2, 0) is 13.0 Å². The van der Waals surface area contributed by atoms with Crippen LogP contribution in [0.5, 0.6) is 0 Å². The Morgan fingerprint density at radius 3 is 2.59 bits per heavy atom. The zero-order valence-corrected chi connectivity index (χ0v) is 12.2. The Labute approximate surface area is 128 Å². The normalized spacial score (nSPS) is 10.8. The van der Waals surface area contributed by atoms with Crippen LogP contribution in [0.15, 0.2) is 54.7 Å². The number of hydrogen-bond acceptors (Lipinski definition) is 2. The number of rotatable bonds is 5. The Morgan fingerprint density at radius 2 is 1.82 bits per heavy atom. The zero-order chi connectivity index (χ0) is 15.4. The number of H-pyrrole nitrogens is 1. The van der Waals surface area contributed by atoms with E-state index in [0.717, 1.165) is 28.5 Å². The Hall–Kier alpha value is -2.59. The van der Waals surface area contributed by atoms with Crippen LogP contribution in [0.1, 0.15) is 21.5 Å². The lowest BCUT2D eigenvalue weighted by Crippen LogP contribution is -2.25. The molecule has 3 N–H and O–H groups in total. The fraction of sp³-hybridized carbons (Fsp3) is 0.167. The van der Waals surface area contributed by atoms with Crippen LogP contribution in [0.4, 0.5) is 0 Å². The first-order valence-corrected chi connectivity index (χ1v) is 7.31. The zero-order valence-electron chi connectivity index (χ0n) is 12.2. The van der Waals surface area contributed by atoms with Gasteiger partial charge in [0.1, 0.15) is 0 Å². The number of benzene rings is 2. The quantitative estimate of drug-likeness (QED) is 0.677. The summed E-state index contributed by atoms with van der Waals surface area (Å²) in [6.07, 6.45) is 2.60. The molecule has 112 valence electrons. The number of carbonyl (C=O) groups is 1. The molecule has 0 bridgehead atoms. The standard InChI is InChI=1S/C18H18N2O2/c21-12-14-6-4-13(5-7-14)8-10-20-18(22)16-2-1-3-17-15(16)9-11-19-17/h1-7,9,11,19,21H,8,10,12H2,(H,20,22). The summed E-state index contributed by atoms with van der Waals surface area (Å²) in [5.41, 5.74) is 3.69. The largest absolute Gasteiger partial charge is 0.392 e. The molecule has 1 aromatic heterocycles. The van der Waals surface area contributed by atoms with Gasteiger partial charge in [-0.05, 0) is 35.7 Å². The van der Waals surface area contributed by atoms with Gasteiger partial charge < -0.3 is 15.4 Å². The van der Waals surface area contributed by atoms with Crippen molar-refractivity contribution in [2.45, 2.75) is 13.0 Å². The lowest BCUT2D eigenvalue weighted by molar-refractivity contribution is 0.0956. The van der Waals surface area contributed by atoms with Crippen LogP contribution in [0, 0.1) is 0 Å². The number of carbonyl (C=O) groups excluding carboxylic acids is 1. The summed E-state index contributed by atoms with van der Waals surface area (Å²) in [6.45, 7) is 0.635. The monoisotopic (exact) mass is 294 g/mol. The third-order valence-electron chi connectivity index (χ3n) is 3.74. The molecule has 1 amide bonds. The van der Waals surface area contributed by atoms with Crippen LogP contribution in [0.2, 0.25) is 0 Å². The second-order valence-corrected chi connectivity index (χ2v) is 5.22. The maximum Gasteiger partial charge on any atom is 0.251 e. The molecule has 0 aliphatic rings. The highest BCUT2D eigenvalue weighted by Gasteiger charge is 2.09. The molecule has 0 atom stereocenters. The maximum absolute atomic E-state index is 12.3. The Balaban J connectivity index is 1.61. The summed E-state index contributed by atoms with van der Waals surface area (Å²) in [5, 5.41) is 12.9. The van der Waals surface area contributed by atoms with Crippen molar-refractivity contribution < 1.29 is 9.90 Å². The van der Waals surface area contributed by atoms with Gasteiger partial charge in [0.2, 0.25) is 0 Å². The summed E-state index contributed by atoms with van der Waals surface area (Å²) < 4.78 is 0. The van der Waals surface area contributed by atoms with E-state index in [4.69, 9.17) is 5.11 Å².